The Balaban J connectivity index is 0.000000345. The second-order valence-electron chi connectivity index (χ2n) is 10.1. The Morgan fingerprint density at radius 2 is 1.71 bits per heavy atom. The predicted octanol–water partition coefficient (Wildman–Crippen LogP) is 2.41. The van der Waals surface area contributed by atoms with Crippen LogP contribution in [-0.2, 0) is 9.53 Å². The fourth-order valence-corrected chi connectivity index (χ4v) is 4.68. The molecule has 164 valence electrons. The highest BCUT2D eigenvalue weighted by Crippen LogP contribution is 2.29. The first-order chi connectivity index (χ1) is 13.2. The molecule has 0 spiro atoms. The number of nitrogens with zero attached hydrogens (tertiary/aromatic N) is 1. The van der Waals surface area contributed by atoms with E-state index in [0.29, 0.717) is 30.1 Å². The summed E-state index contributed by atoms with van der Waals surface area (Å²) in [7, 11) is 0. The number of hydrogen-bond donors (Lipinski definition) is 3. The van der Waals surface area contributed by atoms with E-state index < -0.39 is 0 Å². The van der Waals surface area contributed by atoms with Gasteiger partial charge in [0.1, 0.15) is 5.60 Å². The molecule has 3 fully saturated rings. The summed E-state index contributed by atoms with van der Waals surface area (Å²) in [6, 6.07) is 1.66. The molecule has 0 bridgehead atoms. The highest BCUT2D eigenvalue weighted by atomic mass is 16.5. The van der Waals surface area contributed by atoms with Crippen molar-refractivity contribution >= 4 is 6.47 Å². The highest BCUT2D eigenvalue weighted by molar-refractivity contribution is 5.37. The molecular formula is C22H44N4O2. The monoisotopic (exact) mass is 396 g/mol. The quantitative estimate of drug-likeness (QED) is 0.633. The number of rotatable bonds is 4. The summed E-state index contributed by atoms with van der Waals surface area (Å²) < 4.78 is 4.55. The van der Waals surface area contributed by atoms with E-state index in [9.17, 15) is 4.79 Å². The lowest BCUT2D eigenvalue weighted by Crippen LogP contribution is -2.58. The summed E-state index contributed by atoms with van der Waals surface area (Å²) in [6.45, 7) is 13.3. The highest BCUT2D eigenvalue weighted by Gasteiger charge is 2.36. The van der Waals surface area contributed by atoms with Gasteiger partial charge in [0.05, 0.1) is 0 Å². The van der Waals surface area contributed by atoms with Crippen molar-refractivity contribution in [2.75, 3.05) is 26.2 Å². The normalized spacial score (nSPS) is 29.5. The molecule has 6 heteroatoms. The lowest BCUT2D eigenvalue weighted by atomic mass is 9.85. The zero-order valence-corrected chi connectivity index (χ0v) is 18.6. The lowest BCUT2D eigenvalue weighted by molar-refractivity contribution is -0.138. The van der Waals surface area contributed by atoms with E-state index in [1.54, 1.807) is 0 Å². The Bertz CT molecular complexity index is 452. The third-order valence-electron chi connectivity index (χ3n) is 6.61. The van der Waals surface area contributed by atoms with Crippen LogP contribution < -0.4 is 16.4 Å². The number of nitrogens with two attached hydrogens (primary N) is 1. The molecule has 6 nitrogen and oxygen atoms in total. The van der Waals surface area contributed by atoms with Crippen molar-refractivity contribution in [2.45, 2.75) is 108 Å². The summed E-state index contributed by atoms with van der Waals surface area (Å²) in [6.07, 6.45) is 10.4. The number of carbonyl (C=O) groups excluding carboxylic acids is 1. The van der Waals surface area contributed by atoms with Crippen molar-refractivity contribution in [1.29, 1.82) is 0 Å². The second-order valence-corrected chi connectivity index (χ2v) is 10.1. The molecule has 2 unspecified atom stereocenters. The van der Waals surface area contributed by atoms with E-state index in [4.69, 9.17) is 5.73 Å². The number of ether oxygens (including phenoxy) is 1. The third-order valence-corrected chi connectivity index (χ3v) is 6.61. The summed E-state index contributed by atoms with van der Waals surface area (Å²) in [4.78, 5) is 12.4. The molecular weight excluding hydrogens is 352 g/mol. The van der Waals surface area contributed by atoms with E-state index in [1.165, 1.54) is 77.5 Å². The van der Waals surface area contributed by atoms with Gasteiger partial charge in [-0.05, 0) is 79.3 Å². The van der Waals surface area contributed by atoms with Gasteiger partial charge in [0.2, 0.25) is 0 Å². The fourth-order valence-electron chi connectivity index (χ4n) is 4.68. The van der Waals surface area contributed by atoms with Gasteiger partial charge >= 0.3 is 0 Å². The molecule has 0 aromatic rings. The molecule has 3 aliphatic rings. The second kappa shape index (κ2) is 10.9. The largest absolute Gasteiger partial charge is 0.462 e. The van der Waals surface area contributed by atoms with Crippen LogP contribution in [0.3, 0.4) is 0 Å². The molecule has 28 heavy (non-hydrogen) atoms. The molecule has 3 rings (SSSR count). The number of carbonyl (C=O) groups is 1. The van der Waals surface area contributed by atoms with Crippen molar-refractivity contribution in [3.05, 3.63) is 0 Å². The average Bonchev–Trinajstić information content (AvgIpc) is 2.64. The number of piperidine rings is 2. The smallest absolute Gasteiger partial charge is 0.293 e. The van der Waals surface area contributed by atoms with Gasteiger partial charge in [-0.1, -0.05) is 12.8 Å². The maximum absolute atomic E-state index is 9.60. The average molecular weight is 397 g/mol. The van der Waals surface area contributed by atoms with Crippen LogP contribution in [0.4, 0.5) is 0 Å². The molecule has 1 saturated carbocycles. The Hall–Kier alpha value is -0.690. The van der Waals surface area contributed by atoms with E-state index in [1.807, 2.05) is 20.8 Å². The number of nitrogens with one attached hydrogen (secondary N) is 2. The van der Waals surface area contributed by atoms with Crippen molar-refractivity contribution in [2.24, 2.45) is 5.73 Å². The minimum absolute atomic E-state index is 0.318. The molecule has 0 aromatic carbocycles. The van der Waals surface area contributed by atoms with E-state index >= 15 is 0 Å². The van der Waals surface area contributed by atoms with Crippen molar-refractivity contribution in [3.8, 4) is 0 Å². The summed E-state index contributed by atoms with van der Waals surface area (Å²) in [5.74, 6) is 0. The first-order valence-corrected chi connectivity index (χ1v) is 11.3. The topological polar surface area (TPSA) is 79.6 Å². The van der Waals surface area contributed by atoms with Crippen molar-refractivity contribution in [3.63, 3.8) is 0 Å². The van der Waals surface area contributed by atoms with Crippen LogP contribution in [0.1, 0.15) is 79.1 Å². The van der Waals surface area contributed by atoms with E-state index in [2.05, 4.69) is 27.2 Å². The molecule has 1 aliphatic carbocycles. The summed E-state index contributed by atoms with van der Waals surface area (Å²) >= 11 is 0. The van der Waals surface area contributed by atoms with Crippen molar-refractivity contribution < 1.29 is 9.53 Å². The van der Waals surface area contributed by atoms with Gasteiger partial charge in [-0.15, -0.1) is 0 Å². The first kappa shape index (κ1) is 23.6. The summed E-state index contributed by atoms with van der Waals surface area (Å²) in [5.41, 5.74) is 6.41. The Morgan fingerprint density at radius 3 is 2.21 bits per heavy atom. The third kappa shape index (κ3) is 7.62. The Labute approximate surface area is 172 Å². The minimum atomic E-state index is -0.318. The van der Waals surface area contributed by atoms with Crippen LogP contribution in [0.5, 0.6) is 0 Å². The van der Waals surface area contributed by atoms with Crippen LogP contribution in [0.2, 0.25) is 0 Å². The molecule has 0 amide bonds. The maximum atomic E-state index is 9.60. The standard InChI is InChI=1S/C17H34N4.C5H10O2/c1-17(8-10-19-11-9-17)21-12-6-14(7-13-21)20-16-5-3-2-4-15(16)18;1-5(2,3)7-4-6/h14-16,19-20H,2-13,18H2,1H3;4H,1-3H3. The van der Waals surface area contributed by atoms with Crippen LogP contribution in [0.15, 0.2) is 0 Å². The van der Waals surface area contributed by atoms with Gasteiger partial charge in [0.25, 0.3) is 6.47 Å². The molecule has 2 heterocycles. The molecule has 4 N–H and O–H groups in total. The van der Waals surface area contributed by atoms with E-state index in [0.717, 1.165) is 0 Å². The van der Waals surface area contributed by atoms with Gasteiger partial charge in [0, 0.05) is 36.8 Å². The van der Waals surface area contributed by atoms with Gasteiger partial charge in [-0.25, -0.2) is 0 Å². The van der Waals surface area contributed by atoms with Gasteiger partial charge in [-0.2, -0.15) is 0 Å². The Morgan fingerprint density at radius 1 is 1.11 bits per heavy atom. The zero-order valence-electron chi connectivity index (χ0n) is 18.6. The predicted molar refractivity (Wildman–Crippen MR) is 115 cm³/mol. The SMILES string of the molecule is CC(C)(C)OC=O.CC1(N2CCC(NC3CCCCC3N)CC2)CCNCC1. The van der Waals surface area contributed by atoms with Crippen molar-refractivity contribution in [1.82, 2.24) is 15.5 Å². The number of hydrogen-bond acceptors (Lipinski definition) is 6. The van der Waals surface area contributed by atoms with Crippen LogP contribution >= 0.6 is 0 Å². The molecule has 2 atom stereocenters. The van der Waals surface area contributed by atoms with E-state index in [-0.39, 0.29) is 5.60 Å². The lowest BCUT2D eigenvalue weighted by Gasteiger charge is -2.48. The van der Waals surface area contributed by atoms with Gasteiger partial charge in [-0.3, -0.25) is 9.69 Å². The Kier molecular flexibility index (Phi) is 9.19. The molecule has 2 aliphatic heterocycles. The molecule has 0 aromatic heterocycles. The fraction of sp³-hybridized carbons (Fsp3) is 0.955. The molecule has 2 saturated heterocycles. The first-order valence-electron chi connectivity index (χ1n) is 11.3. The zero-order chi connectivity index (χ0) is 20.6. The molecule has 0 radical (unpaired) electrons. The van der Waals surface area contributed by atoms with Crippen LogP contribution in [0.25, 0.3) is 0 Å². The van der Waals surface area contributed by atoms with Crippen LogP contribution in [-0.4, -0.2) is 66.8 Å². The minimum Gasteiger partial charge on any atom is -0.462 e. The number of likely N-dealkylation sites (tertiary alicyclic amines) is 1. The van der Waals surface area contributed by atoms with Gasteiger partial charge < -0.3 is 21.1 Å². The van der Waals surface area contributed by atoms with Gasteiger partial charge in [0.15, 0.2) is 0 Å². The summed E-state index contributed by atoms with van der Waals surface area (Å²) in [5, 5.41) is 7.37. The van der Waals surface area contributed by atoms with Crippen LogP contribution in [0, 0.1) is 0 Å². The maximum Gasteiger partial charge on any atom is 0.293 e.